The number of aliphatic hydroxyl groups excluding tert-OH is 2. The Kier molecular flexibility index (Phi) is 6.55. The standard InChI is InChI=1S/C8H16O2/c1-2-8(7-10)5-3-4-6-9/h3,5,8-10H,2,4,6-7H2,1H3. The molecule has 0 amide bonds. The Hall–Kier alpha value is -0.340. The molecule has 1 atom stereocenters. The van der Waals surface area contributed by atoms with Crippen LogP contribution in [0.4, 0.5) is 0 Å². The van der Waals surface area contributed by atoms with Crippen molar-refractivity contribution in [3.05, 3.63) is 12.2 Å². The molecule has 0 aromatic carbocycles. The molecule has 1 unspecified atom stereocenters. The van der Waals surface area contributed by atoms with Crippen LogP contribution in [0.25, 0.3) is 0 Å². The lowest BCUT2D eigenvalue weighted by Gasteiger charge is -2.02. The van der Waals surface area contributed by atoms with Gasteiger partial charge in [-0.25, -0.2) is 0 Å². The molecule has 0 rings (SSSR count). The van der Waals surface area contributed by atoms with Crippen LogP contribution in [-0.2, 0) is 0 Å². The molecule has 0 aromatic heterocycles. The molecule has 0 spiro atoms. The van der Waals surface area contributed by atoms with E-state index in [1.54, 1.807) is 0 Å². The molecule has 2 heteroatoms. The lowest BCUT2D eigenvalue weighted by atomic mass is 10.1. The molecule has 0 aliphatic heterocycles. The maximum Gasteiger partial charge on any atom is 0.0493 e. The summed E-state index contributed by atoms with van der Waals surface area (Å²) in [6, 6.07) is 0. The minimum atomic E-state index is 0.193. The summed E-state index contributed by atoms with van der Waals surface area (Å²) in [5, 5.41) is 17.1. The molecular weight excluding hydrogens is 128 g/mol. The third kappa shape index (κ3) is 4.53. The summed E-state index contributed by atoms with van der Waals surface area (Å²) in [5.41, 5.74) is 0. The van der Waals surface area contributed by atoms with E-state index >= 15 is 0 Å². The average molecular weight is 144 g/mol. The highest BCUT2D eigenvalue weighted by molar-refractivity contribution is 4.87. The predicted molar refractivity (Wildman–Crippen MR) is 41.7 cm³/mol. The van der Waals surface area contributed by atoms with Crippen LogP contribution in [-0.4, -0.2) is 23.4 Å². The van der Waals surface area contributed by atoms with E-state index in [1.165, 1.54) is 0 Å². The topological polar surface area (TPSA) is 40.5 Å². The first-order valence-corrected chi connectivity index (χ1v) is 3.73. The van der Waals surface area contributed by atoms with Crippen molar-refractivity contribution in [2.75, 3.05) is 13.2 Å². The Morgan fingerprint density at radius 3 is 2.50 bits per heavy atom. The third-order valence-corrected chi connectivity index (χ3v) is 1.46. The van der Waals surface area contributed by atoms with Crippen molar-refractivity contribution in [1.29, 1.82) is 0 Å². The Labute approximate surface area is 62.2 Å². The second-order valence-electron chi connectivity index (χ2n) is 2.29. The molecule has 2 nitrogen and oxygen atoms in total. The summed E-state index contributed by atoms with van der Waals surface area (Å²) in [4.78, 5) is 0. The van der Waals surface area contributed by atoms with Crippen molar-refractivity contribution in [3.8, 4) is 0 Å². The molecule has 0 fully saturated rings. The number of rotatable bonds is 5. The van der Waals surface area contributed by atoms with Crippen LogP contribution in [0.1, 0.15) is 19.8 Å². The van der Waals surface area contributed by atoms with Crippen molar-refractivity contribution in [2.45, 2.75) is 19.8 Å². The van der Waals surface area contributed by atoms with Gasteiger partial charge in [-0.05, 0) is 18.8 Å². The molecule has 0 heterocycles. The molecule has 0 saturated heterocycles. The van der Waals surface area contributed by atoms with E-state index in [0.29, 0.717) is 6.42 Å². The van der Waals surface area contributed by atoms with Crippen LogP contribution < -0.4 is 0 Å². The Bertz CT molecular complexity index is 85.3. The summed E-state index contributed by atoms with van der Waals surface area (Å²) < 4.78 is 0. The van der Waals surface area contributed by atoms with Gasteiger partial charge in [0.25, 0.3) is 0 Å². The van der Waals surface area contributed by atoms with Crippen LogP contribution >= 0.6 is 0 Å². The Balaban J connectivity index is 3.40. The summed E-state index contributed by atoms with van der Waals surface area (Å²) in [6.07, 6.45) is 5.51. The quantitative estimate of drug-likeness (QED) is 0.564. The summed E-state index contributed by atoms with van der Waals surface area (Å²) in [7, 11) is 0. The fourth-order valence-corrected chi connectivity index (χ4v) is 0.689. The van der Waals surface area contributed by atoms with Crippen molar-refractivity contribution in [3.63, 3.8) is 0 Å². The first kappa shape index (κ1) is 9.66. The van der Waals surface area contributed by atoms with Crippen molar-refractivity contribution >= 4 is 0 Å². The van der Waals surface area contributed by atoms with Crippen LogP contribution in [0.15, 0.2) is 12.2 Å². The Morgan fingerprint density at radius 1 is 1.40 bits per heavy atom. The van der Waals surface area contributed by atoms with Crippen LogP contribution in [0.5, 0.6) is 0 Å². The van der Waals surface area contributed by atoms with Crippen LogP contribution in [0.2, 0.25) is 0 Å². The molecule has 0 aliphatic rings. The second-order valence-corrected chi connectivity index (χ2v) is 2.29. The predicted octanol–water partition coefficient (Wildman–Crippen LogP) is 0.944. The van der Waals surface area contributed by atoms with Gasteiger partial charge in [-0.2, -0.15) is 0 Å². The van der Waals surface area contributed by atoms with E-state index in [0.717, 1.165) is 6.42 Å². The SMILES string of the molecule is CCC(C=CCCO)CO. The zero-order valence-electron chi connectivity index (χ0n) is 6.45. The van der Waals surface area contributed by atoms with E-state index < -0.39 is 0 Å². The minimum absolute atomic E-state index is 0.193. The zero-order valence-corrected chi connectivity index (χ0v) is 6.45. The zero-order chi connectivity index (χ0) is 7.82. The van der Waals surface area contributed by atoms with Crippen molar-refractivity contribution < 1.29 is 10.2 Å². The van der Waals surface area contributed by atoms with Gasteiger partial charge in [-0.1, -0.05) is 19.1 Å². The van der Waals surface area contributed by atoms with Gasteiger partial charge in [0.15, 0.2) is 0 Å². The summed E-state index contributed by atoms with van der Waals surface area (Å²) in [6.45, 7) is 2.43. The van der Waals surface area contributed by atoms with E-state index in [-0.39, 0.29) is 19.1 Å². The van der Waals surface area contributed by atoms with E-state index in [9.17, 15) is 0 Å². The van der Waals surface area contributed by atoms with E-state index in [1.807, 2.05) is 19.1 Å². The smallest absolute Gasteiger partial charge is 0.0493 e. The molecule has 0 aliphatic carbocycles. The van der Waals surface area contributed by atoms with Gasteiger partial charge in [-0.15, -0.1) is 0 Å². The van der Waals surface area contributed by atoms with Gasteiger partial charge in [0.05, 0.1) is 0 Å². The van der Waals surface area contributed by atoms with Gasteiger partial charge in [-0.3, -0.25) is 0 Å². The fraction of sp³-hybridized carbons (Fsp3) is 0.750. The maximum absolute atomic E-state index is 8.71. The van der Waals surface area contributed by atoms with Crippen molar-refractivity contribution in [2.24, 2.45) is 5.92 Å². The molecule has 2 N–H and O–H groups in total. The van der Waals surface area contributed by atoms with Gasteiger partial charge in [0.2, 0.25) is 0 Å². The molecule has 10 heavy (non-hydrogen) atoms. The lowest BCUT2D eigenvalue weighted by Crippen LogP contribution is -1.99. The molecule has 0 bridgehead atoms. The normalized spacial score (nSPS) is 14.3. The second kappa shape index (κ2) is 6.78. The summed E-state index contributed by atoms with van der Waals surface area (Å²) >= 11 is 0. The number of hydrogen-bond donors (Lipinski definition) is 2. The fourth-order valence-electron chi connectivity index (χ4n) is 0.689. The Morgan fingerprint density at radius 2 is 2.10 bits per heavy atom. The van der Waals surface area contributed by atoms with Gasteiger partial charge >= 0.3 is 0 Å². The van der Waals surface area contributed by atoms with E-state index in [2.05, 4.69) is 0 Å². The summed E-state index contributed by atoms with van der Waals surface area (Å²) in [5.74, 6) is 0.270. The molecule has 0 aromatic rings. The number of hydrogen-bond acceptors (Lipinski definition) is 2. The first-order valence-electron chi connectivity index (χ1n) is 3.73. The molecular formula is C8H16O2. The minimum Gasteiger partial charge on any atom is -0.396 e. The lowest BCUT2D eigenvalue weighted by molar-refractivity contribution is 0.249. The van der Waals surface area contributed by atoms with Crippen LogP contribution in [0.3, 0.4) is 0 Å². The molecule has 60 valence electrons. The maximum atomic E-state index is 8.71. The monoisotopic (exact) mass is 144 g/mol. The van der Waals surface area contributed by atoms with E-state index in [4.69, 9.17) is 10.2 Å². The van der Waals surface area contributed by atoms with Gasteiger partial charge in [0.1, 0.15) is 0 Å². The van der Waals surface area contributed by atoms with Gasteiger partial charge in [0, 0.05) is 13.2 Å². The van der Waals surface area contributed by atoms with Crippen molar-refractivity contribution in [1.82, 2.24) is 0 Å². The molecule has 0 radical (unpaired) electrons. The van der Waals surface area contributed by atoms with Crippen LogP contribution in [0, 0.1) is 5.92 Å². The highest BCUT2D eigenvalue weighted by Gasteiger charge is 1.96. The van der Waals surface area contributed by atoms with Gasteiger partial charge < -0.3 is 10.2 Å². The highest BCUT2D eigenvalue weighted by Crippen LogP contribution is 2.02. The average Bonchev–Trinajstić information content (AvgIpc) is 1.99. The first-order chi connectivity index (χ1) is 4.85. The largest absolute Gasteiger partial charge is 0.396 e. The highest BCUT2D eigenvalue weighted by atomic mass is 16.3. The number of aliphatic hydroxyl groups is 2. The molecule has 0 saturated carbocycles. The third-order valence-electron chi connectivity index (χ3n) is 1.46.